The third kappa shape index (κ3) is 3.41. The van der Waals surface area contributed by atoms with E-state index in [1.165, 1.54) is 12.1 Å². The molecule has 1 atom stereocenters. The van der Waals surface area contributed by atoms with Crippen molar-refractivity contribution < 1.29 is 9.31 Å². The second-order valence-corrected chi connectivity index (χ2v) is 5.72. The van der Waals surface area contributed by atoms with Crippen LogP contribution in [0, 0.1) is 15.9 Å². The minimum Gasteiger partial charge on any atom is -0.375 e. The molecule has 0 spiro atoms. The number of hydrogen-bond acceptors (Lipinski definition) is 5. The zero-order chi connectivity index (χ0) is 16.4. The number of nitrogens with zero attached hydrogens (tertiary/aromatic N) is 4. The van der Waals surface area contributed by atoms with Gasteiger partial charge < -0.3 is 10.2 Å². The standard InChI is InChI=1S/C15H18FN5O2/c1-19-10-13(8-17-19)20-6-2-3-12(9-20)18-14-5-4-11(16)7-15(14)21(22)23/h4-5,7-8,10,12,18H,2-3,6,9H2,1H3. The number of aryl methyl sites for hydroxylation is 1. The van der Waals surface area contributed by atoms with Gasteiger partial charge in [0.05, 0.1) is 22.9 Å². The topological polar surface area (TPSA) is 76.2 Å². The van der Waals surface area contributed by atoms with E-state index >= 15 is 0 Å². The number of nitrogens with one attached hydrogen (secondary N) is 1. The number of rotatable bonds is 4. The first-order valence-electron chi connectivity index (χ1n) is 7.47. The molecule has 1 N–H and O–H groups in total. The van der Waals surface area contributed by atoms with Gasteiger partial charge in [-0.15, -0.1) is 0 Å². The van der Waals surface area contributed by atoms with E-state index in [1.54, 1.807) is 4.68 Å². The molecule has 0 saturated carbocycles. The molecule has 2 heterocycles. The van der Waals surface area contributed by atoms with E-state index in [1.807, 2.05) is 19.4 Å². The van der Waals surface area contributed by atoms with Crippen molar-refractivity contribution in [1.82, 2.24) is 9.78 Å². The van der Waals surface area contributed by atoms with Crippen LogP contribution in [-0.4, -0.2) is 33.8 Å². The van der Waals surface area contributed by atoms with Gasteiger partial charge >= 0.3 is 0 Å². The van der Waals surface area contributed by atoms with Crippen molar-refractivity contribution in [3.05, 3.63) is 46.5 Å². The van der Waals surface area contributed by atoms with Gasteiger partial charge in [-0.1, -0.05) is 0 Å². The number of hydrogen-bond donors (Lipinski definition) is 1. The fourth-order valence-electron chi connectivity index (χ4n) is 2.90. The largest absolute Gasteiger partial charge is 0.375 e. The Morgan fingerprint density at radius 2 is 2.30 bits per heavy atom. The molecule has 0 aliphatic carbocycles. The van der Waals surface area contributed by atoms with Gasteiger partial charge in [-0.05, 0) is 25.0 Å². The highest BCUT2D eigenvalue weighted by Crippen LogP contribution is 2.28. The maximum absolute atomic E-state index is 13.2. The van der Waals surface area contributed by atoms with Gasteiger partial charge in [0.25, 0.3) is 5.69 Å². The molecular formula is C15H18FN5O2. The number of anilines is 2. The van der Waals surface area contributed by atoms with E-state index in [0.717, 1.165) is 37.7 Å². The second-order valence-electron chi connectivity index (χ2n) is 5.72. The SMILES string of the molecule is Cn1cc(N2CCCC(Nc3ccc(F)cc3[N+](=O)[O-])C2)cn1. The molecule has 23 heavy (non-hydrogen) atoms. The van der Waals surface area contributed by atoms with E-state index in [0.29, 0.717) is 5.69 Å². The molecule has 1 aromatic carbocycles. The molecule has 1 aliphatic rings. The first kappa shape index (κ1) is 15.3. The maximum atomic E-state index is 13.2. The number of nitro benzene ring substituents is 1. The summed E-state index contributed by atoms with van der Waals surface area (Å²) in [5.74, 6) is -0.608. The Morgan fingerprint density at radius 3 is 3.00 bits per heavy atom. The van der Waals surface area contributed by atoms with Gasteiger partial charge in [-0.25, -0.2) is 4.39 Å². The first-order chi connectivity index (χ1) is 11.0. The molecule has 1 unspecified atom stereocenters. The lowest BCUT2D eigenvalue weighted by atomic mass is 10.0. The van der Waals surface area contributed by atoms with Crippen LogP contribution < -0.4 is 10.2 Å². The molecule has 0 bridgehead atoms. The quantitative estimate of drug-likeness (QED) is 0.692. The fourth-order valence-corrected chi connectivity index (χ4v) is 2.90. The van der Waals surface area contributed by atoms with Crippen molar-refractivity contribution in [3.63, 3.8) is 0 Å². The lowest BCUT2D eigenvalue weighted by molar-refractivity contribution is -0.384. The Bertz CT molecular complexity index is 718. The molecule has 3 rings (SSSR count). The maximum Gasteiger partial charge on any atom is 0.295 e. The number of halogens is 1. The van der Waals surface area contributed by atoms with Crippen LogP contribution in [-0.2, 0) is 7.05 Å². The van der Waals surface area contributed by atoms with E-state index in [2.05, 4.69) is 15.3 Å². The van der Waals surface area contributed by atoms with Crippen molar-refractivity contribution in [3.8, 4) is 0 Å². The van der Waals surface area contributed by atoms with Crippen molar-refractivity contribution in [1.29, 1.82) is 0 Å². The van der Waals surface area contributed by atoms with Gasteiger partial charge in [0, 0.05) is 32.4 Å². The van der Waals surface area contributed by atoms with E-state index in [9.17, 15) is 14.5 Å². The van der Waals surface area contributed by atoms with Crippen LogP contribution in [0.1, 0.15) is 12.8 Å². The number of aromatic nitrogens is 2. The minimum atomic E-state index is -0.608. The summed E-state index contributed by atoms with van der Waals surface area (Å²) in [5.41, 5.74) is 1.16. The average Bonchev–Trinajstić information content (AvgIpc) is 2.96. The summed E-state index contributed by atoms with van der Waals surface area (Å²) in [6.45, 7) is 1.65. The van der Waals surface area contributed by atoms with Crippen LogP contribution in [0.15, 0.2) is 30.6 Å². The Kier molecular flexibility index (Phi) is 4.14. The number of piperidine rings is 1. The normalized spacial score (nSPS) is 18.0. The first-order valence-corrected chi connectivity index (χ1v) is 7.47. The van der Waals surface area contributed by atoms with Crippen LogP contribution in [0.2, 0.25) is 0 Å². The zero-order valence-corrected chi connectivity index (χ0v) is 12.8. The highest BCUT2D eigenvalue weighted by Gasteiger charge is 2.23. The smallest absolute Gasteiger partial charge is 0.295 e. The van der Waals surface area contributed by atoms with Crippen molar-refractivity contribution in [2.45, 2.75) is 18.9 Å². The lowest BCUT2D eigenvalue weighted by Crippen LogP contribution is -2.42. The van der Waals surface area contributed by atoms with Crippen LogP contribution in [0.4, 0.5) is 21.5 Å². The molecule has 2 aromatic rings. The summed E-state index contributed by atoms with van der Waals surface area (Å²) in [4.78, 5) is 12.7. The summed E-state index contributed by atoms with van der Waals surface area (Å²) in [6, 6.07) is 3.67. The molecule has 1 fully saturated rings. The van der Waals surface area contributed by atoms with Gasteiger partial charge in [-0.3, -0.25) is 14.8 Å². The van der Waals surface area contributed by atoms with Crippen LogP contribution in [0.3, 0.4) is 0 Å². The van der Waals surface area contributed by atoms with Crippen molar-refractivity contribution in [2.75, 3.05) is 23.3 Å². The molecule has 1 aliphatic heterocycles. The number of benzene rings is 1. The van der Waals surface area contributed by atoms with E-state index in [4.69, 9.17) is 0 Å². The predicted molar refractivity (Wildman–Crippen MR) is 85.1 cm³/mol. The third-order valence-electron chi connectivity index (χ3n) is 3.99. The minimum absolute atomic E-state index is 0.0631. The summed E-state index contributed by atoms with van der Waals surface area (Å²) in [7, 11) is 1.87. The van der Waals surface area contributed by atoms with Crippen molar-refractivity contribution >= 4 is 17.1 Å². The molecule has 7 nitrogen and oxygen atoms in total. The van der Waals surface area contributed by atoms with Gasteiger partial charge in [0.1, 0.15) is 11.5 Å². The predicted octanol–water partition coefficient (Wildman–Crippen LogP) is 2.55. The molecule has 8 heteroatoms. The molecule has 122 valence electrons. The fraction of sp³-hybridized carbons (Fsp3) is 0.400. The monoisotopic (exact) mass is 319 g/mol. The average molecular weight is 319 g/mol. The Balaban J connectivity index is 1.74. The highest BCUT2D eigenvalue weighted by atomic mass is 19.1. The van der Waals surface area contributed by atoms with Crippen LogP contribution in [0.25, 0.3) is 0 Å². The number of nitro groups is 1. The summed E-state index contributed by atoms with van der Waals surface area (Å²) >= 11 is 0. The summed E-state index contributed by atoms with van der Waals surface area (Å²) in [5, 5.41) is 18.4. The van der Waals surface area contributed by atoms with Crippen LogP contribution >= 0.6 is 0 Å². The highest BCUT2D eigenvalue weighted by molar-refractivity contribution is 5.62. The molecule has 1 aromatic heterocycles. The summed E-state index contributed by atoms with van der Waals surface area (Å²) in [6.07, 6.45) is 5.64. The zero-order valence-electron chi connectivity index (χ0n) is 12.8. The lowest BCUT2D eigenvalue weighted by Gasteiger charge is -2.34. The second kappa shape index (κ2) is 6.23. The van der Waals surface area contributed by atoms with Gasteiger partial charge in [0.2, 0.25) is 0 Å². The van der Waals surface area contributed by atoms with E-state index < -0.39 is 10.7 Å². The molecule has 1 saturated heterocycles. The Labute approximate surface area is 132 Å². The molecule has 0 amide bonds. The van der Waals surface area contributed by atoms with Gasteiger partial charge in [-0.2, -0.15) is 5.10 Å². The molecular weight excluding hydrogens is 301 g/mol. The van der Waals surface area contributed by atoms with Gasteiger partial charge in [0.15, 0.2) is 0 Å². The van der Waals surface area contributed by atoms with Crippen LogP contribution in [0.5, 0.6) is 0 Å². The molecule has 0 radical (unpaired) electrons. The summed E-state index contributed by atoms with van der Waals surface area (Å²) < 4.78 is 15.0. The van der Waals surface area contributed by atoms with E-state index in [-0.39, 0.29) is 11.7 Å². The Hall–Kier alpha value is -2.64. The van der Waals surface area contributed by atoms with Crippen molar-refractivity contribution in [2.24, 2.45) is 7.05 Å². The Morgan fingerprint density at radius 1 is 1.48 bits per heavy atom. The third-order valence-corrected chi connectivity index (χ3v) is 3.99.